The van der Waals surface area contributed by atoms with Crippen LogP contribution in [0.25, 0.3) is 10.8 Å². The smallest absolute Gasteiger partial charge is 0.137 e. The zero-order chi connectivity index (χ0) is 14.7. The molecule has 1 N–H and O–H groups in total. The number of benzene rings is 2. The lowest BCUT2D eigenvalue weighted by Crippen LogP contribution is -3.14. The van der Waals surface area contributed by atoms with Gasteiger partial charge in [-0.3, -0.25) is 0 Å². The third-order valence-electron chi connectivity index (χ3n) is 4.52. The van der Waals surface area contributed by atoms with Crippen molar-refractivity contribution in [1.29, 1.82) is 0 Å². The van der Waals surface area contributed by atoms with E-state index in [4.69, 9.17) is 4.74 Å². The van der Waals surface area contributed by atoms with Crippen molar-refractivity contribution in [1.82, 2.24) is 0 Å². The number of likely N-dealkylation sites (tertiary alicyclic amines) is 1. The van der Waals surface area contributed by atoms with Crippen LogP contribution in [-0.4, -0.2) is 26.2 Å². The van der Waals surface area contributed by atoms with Gasteiger partial charge in [0.2, 0.25) is 0 Å². The molecule has 0 bridgehead atoms. The lowest BCUT2D eigenvalue weighted by Gasteiger charge is -2.31. The highest BCUT2D eigenvalue weighted by Crippen LogP contribution is 2.20. The normalized spacial score (nSPS) is 25.9. The van der Waals surface area contributed by atoms with Gasteiger partial charge in [0.15, 0.2) is 0 Å². The number of rotatable bonds is 4. The highest BCUT2D eigenvalue weighted by atomic mass is 16.5. The molecule has 112 valence electrons. The molecule has 0 aromatic heterocycles. The van der Waals surface area contributed by atoms with Crippen molar-refractivity contribution in [3.63, 3.8) is 0 Å². The van der Waals surface area contributed by atoms with Crippen LogP contribution >= 0.6 is 0 Å². The Morgan fingerprint density at radius 2 is 1.71 bits per heavy atom. The Labute approximate surface area is 127 Å². The van der Waals surface area contributed by atoms with Crippen molar-refractivity contribution in [2.24, 2.45) is 11.8 Å². The molecule has 21 heavy (non-hydrogen) atoms. The Balaban J connectivity index is 1.54. The Bertz CT molecular complexity index is 585. The second-order valence-corrected chi connectivity index (χ2v) is 6.71. The van der Waals surface area contributed by atoms with E-state index in [9.17, 15) is 0 Å². The van der Waals surface area contributed by atoms with Crippen molar-refractivity contribution < 1.29 is 9.64 Å². The minimum absolute atomic E-state index is 0.813. The fourth-order valence-corrected chi connectivity index (χ4v) is 3.70. The van der Waals surface area contributed by atoms with Crippen LogP contribution in [0.15, 0.2) is 42.5 Å². The van der Waals surface area contributed by atoms with Crippen LogP contribution < -0.4 is 9.64 Å². The lowest BCUT2D eigenvalue weighted by atomic mass is 9.92. The zero-order valence-electron chi connectivity index (χ0n) is 13.1. The number of nitrogens with one attached hydrogen (secondary N) is 1. The summed E-state index contributed by atoms with van der Waals surface area (Å²) in [4.78, 5) is 1.70. The molecule has 2 aromatic carbocycles. The second kappa shape index (κ2) is 6.48. The predicted octanol–water partition coefficient (Wildman–Crippen LogP) is 2.78. The number of quaternary nitrogens is 1. The molecule has 2 nitrogen and oxygen atoms in total. The Morgan fingerprint density at radius 3 is 2.48 bits per heavy atom. The summed E-state index contributed by atoms with van der Waals surface area (Å²) < 4.78 is 5.97. The van der Waals surface area contributed by atoms with E-state index >= 15 is 0 Å². The monoisotopic (exact) mass is 284 g/mol. The summed E-state index contributed by atoms with van der Waals surface area (Å²) in [7, 11) is 0. The molecule has 1 heterocycles. The number of hydrogen-bond donors (Lipinski definition) is 1. The largest absolute Gasteiger partial charge is 0.488 e. The molecule has 1 aliphatic rings. The van der Waals surface area contributed by atoms with Gasteiger partial charge >= 0.3 is 0 Å². The molecule has 2 atom stereocenters. The minimum atomic E-state index is 0.813. The van der Waals surface area contributed by atoms with Gasteiger partial charge in [0, 0.05) is 11.8 Å². The van der Waals surface area contributed by atoms with Gasteiger partial charge in [0.25, 0.3) is 0 Å². The van der Waals surface area contributed by atoms with E-state index < -0.39 is 0 Å². The summed E-state index contributed by atoms with van der Waals surface area (Å²) in [6.07, 6.45) is 1.38. The standard InChI is InChI=1S/C19H25NO/c1-15-11-16(2)14-20(13-15)9-10-21-19-8-7-17-5-3-4-6-18(17)12-19/h3-8,12,15-16H,9-11,13-14H2,1-2H3/p+1/t15-,16-/m0/s1. The van der Waals surface area contributed by atoms with Crippen LogP contribution in [-0.2, 0) is 0 Å². The van der Waals surface area contributed by atoms with Crippen molar-refractivity contribution in [3.05, 3.63) is 42.5 Å². The average molecular weight is 284 g/mol. The number of fused-ring (bicyclic) bond motifs is 1. The van der Waals surface area contributed by atoms with Crippen molar-refractivity contribution in [3.8, 4) is 5.75 Å². The molecule has 0 unspecified atom stereocenters. The molecule has 3 rings (SSSR count). The molecule has 0 aliphatic carbocycles. The van der Waals surface area contributed by atoms with Crippen LogP contribution in [0.1, 0.15) is 20.3 Å². The second-order valence-electron chi connectivity index (χ2n) is 6.71. The van der Waals surface area contributed by atoms with E-state index in [1.54, 1.807) is 4.90 Å². The van der Waals surface area contributed by atoms with E-state index in [0.717, 1.165) is 30.7 Å². The van der Waals surface area contributed by atoms with Crippen molar-refractivity contribution in [2.75, 3.05) is 26.2 Å². The van der Waals surface area contributed by atoms with Gasteiger partial charge in [-0.25, -0.2) is 0 Å². The Morgan fingerprint density at radius 1 is 1.00 bits per heavy atom. The first-order chi connectivity index (χ1) is 10.2. The SMILES string of the molecule is C[C@H]1C[C@H](C)C[NH+](CCOc2ccc3ccccc3c2)C1. The van der Waals surface area contributed by atoms with Crippen LogP contribution in [0.3, 0.4) is 0 Å². The average Bonchev–Trinajstić information content (AvgIpc) is 2.46. The topological polar surface area (TPSA) is 13.7 Å². The molecule has 2 heteroatoms. The first-order valence-corrected chi connectivity index (χ1v) is 8.16. The van der Waals surface area contributed by atoms with Gasteiger partial charge < -0.3 is 9.64 Å². The van der Waals surface area contributed by atoms with Crippen LogP contribution in [0.5, 0.6) is 5.75 Å². The zero-order valence-corrected chi connectivity index (χ0v) is 13.1. The Hall–Kier alpha value is -1.54. The van der Waals surface area contributed by atoms with Crippen molar-refractivity contribution in [2.45, 2.75) is 20.3 Å². The van der Waals surface area contributed by atoms with Gasteiger partial charge in [0.05, 0.1) is 13.1 Å². The van der Waals surface area contributed by atoms with Gasteiger partial charge in [-0.2, -0.15) is 0 Å². The predicted molar refractivity (Wildman–Crippen MR) is 88.0 cm³/mol. The van der Waals surface area contributed by atoms with Gasteiger partial charge in [-0.15, -0.1) is 0 Å². The number of piperidine rings is 1. The van der Waals surface area contributed by atoms with E-state index in [2.05, 4.69) is 56.3 Å². The van der Waals surface area contributed by atoms with Crippen LogP contribution in [0.4, 0.5) is 0 Å². The van der Waals surface area contributed by atoms with Crippen LogP contribution in [0, 0.1) is 11.8 Å². The highest BCUT2D eigenvalue weighted by molar-refractivity contribution is 5.83. The third-order valence-corrected chi connectivity index (χ3v) is 4.52. The molecule has 0 radical (unpaired) electrons. The van der Waals surface area contributed by atoms with Crippen LogP contribution in [0.2, 0.25) is 0 Å². The van der Waals surface area contributed by atoms with E-state index in [-0.39, 0.29) is 0 Å². The van der Waals surface area contributed by atoms with Gasteiger partial charge in [-0.05, 0) is 29.3 Å². The summed E-state index contributed by atoms with van der Waals surface area (Å²) in [5.74, 6) is 2.69. The Kier molecular flexibility index (Phi) is 4.45. The maximum atomic E-state index is 5.97. The molecule has 2 aromatic rings. The molecule has 0 saturated carbocycles. The number of hydrogen-bond acceptors (Lipinski definition) is 1. The fraction of sp³-hybridized carbons (Fsp3) is 0.474. The summed E-state index contributed by atoms with van der Waals surface area (Å²) in [5.41, 5.74) is 0. The molecule has 1 aliphatic heterocycles. The van der Waals surface area contributed by atoms with Crippen molar-refractivity contribution >= 4 is 10.8 Å². The molecular formula is C19H26NO+. The van der Waals surface area contributed by atoms with Gasteiger partial charge in [0.1, 0.15) is 18.9 Å². The summed E-state index contributed by atoms with van der Waals surface area (Å²) in [6, 6.07) is 14.8. The summed E-state index contributed by atoms with van der Waals surface area (Å²) >= 11 is 0. The van der Waals surface area contributed by atoms with E-state index in [1.807, 2.05) is 0 Å². The highest BCUT2D eigenvalue weighted by Gasteiger charge is 2.24. The lowest BCUT2D eigenvalue weighted by molar-refractivity contribution is -0.912. The molecule has 1 fully saturated rings. The molecule has 0 amide bonds. The fourth-order valence-electron chi connectivity index (χ4n) is 3.70. The molecule has 1 saturated heterocycles. The molecule has 0 spiro atoms. The maximum absolute atomic E-state index is 5.97. The van der Waals surface area contributed by atoms with Gasteiger partial charge in [-0.1, -0.05) is 44.2 Å². The van der Waals surface area contributed by atoms with E-state index in [0.29, 0.717) is 0 Å². The first-order valence-electron chi connectivity index (χ1n) is 8.16. The van der Waals surface area contributed by atoms with E-state index in [1.165, 1.54) is 30.3 Å². The number of ether oxygens (including phenoxy) is 1. The maximum Gasteiger partial charge on any atom is 0.137 e. The summed E-state index contributed by atoms with van der Waals surface area (Å²) in [5, 5.41) is 2.52. The minimum Gasteiger partial charge on any atom is -0.488 e. The molecular weight excluding hydrogens is 258 g/mol. The third kappa shape index (κ3) is 3.76. The summed E-state index contributed by atoms with van der Waals surface area (Å²) in [6.45, 7) is 9.27. The quantitative estimate of drug-likeness (QED) is 0.911. The first kappa shape index (κ1) is 14.4.